The number of benzene rings is 1. The van der Waals surface area contributed by atoms with Crippen LogP contribution in [-0.2, 0) is 0 Å². The van der Waals surface area contributed by atoms with Gasteiger partial charge >= 0.3 is 0 Å². The number of hydrogen-bond donors (Lipinski definition) is 1. The van der Waals surface area contributed by atoms with Crippen LogP contribution in [-0.4, -0.2) is 11.5 Å². The Hall–Kier alpha value is -1.58. The van der Waals surface area contributed by atoms with E-state index >= 15 is 0 Å². The third kappa shape index (κ3) is 3.96. The average Bonchev–Trinajstić information content (AvgIpc) is 2.45. The van der Waals surface area contributed by atoms with Crippen LogP contribution in [0.5, 0.6) is 11.5 Å². The number of nitrogens with zero attached hydrogens (tertiary/aromatic N) is 1. The quantitative estimate of drug-likeness (QED) is 0.860. The highest BCUT2D eigenvalue weighted by Gasteiger charge is 2.07. The molecule has 0 radical (unpaired) electrons. The molecule has 0 saturated carbocycles. The number of nitrogens with one attached hydrogen (secondary N) is 1. The summed E-state index contributed by atoms with van der Waals surface area (Å²) in [6, 6.07) is 8.03. The molecule has 0 amide bonds. The molecule has 2 rings (SSSR count). The number of hydrogen-bond acceptors (Lipinski definition) is 3. The van der Waals surface area contributed by atoms with Crippen molar-refractivity contribution >= 4 is 11.6 Å². The van der Waals surface area contributed by atoms with Crippen LogP contribution >= 0.6 is 11.6 Å². The summed E-state index contributed by atoms with van der Waals surface area (Å²) in [6.45, 7) is 9.05. The molecular formula is C17H21ClN2O. The predicted octanol–water partition coefficient (Wildman–Crippen LogP) is 4.81. The van der Waals surface area contributed by atoms with E-state index in [4.69, 9.17) is 16.3 Å². The Labute approximate surface area is 131 Å². The Morgan fingerprint density at radius 3 is 2.38 bits per heavy atom. The molecule has 21 heavy (non-hydrogen) atoms. The molecule has 1 aromatic carbocycles. The Bertz CT molecular complexity index is 588. The SMILES string of the molecule is CCNC(C)c1ccc(Oc2cc(C)c(Cl)c(C)c2)cn1. The fraction of sp³-hybridized carbons (Fsp3) is 0.353. The first-order valence-corrected chi connectivity index (χ1v) is 7.53. The van der Waals surface area contributed by atoms with Gasteiger partial charge in [0.1, 0.15) is 11.5 Å². The van der Waals surface area contributed by atoms with Crippen LogP contribution in [0, 0.1) is 13.8 Å². The average molecular weight is 305 g/mol. The monoisotopic (exact) mass is 304 g/mol. The summed E-state index contributed by atoms with van der Waals surface area (Å²) in [6.07, 6.45) is 1.75. The lowest BCUT2D eigenvalue weighted by Gasteiger charge is -2.13. The Kier molecular flexibility index (Phi) is 5.21. The first-order chi connectivity index (χ1) is 10.0. The summed E-state index contributed by atoms with van der Waals surface area (Å²) in [5.74, 6) is 1.51. The summed E-state index contributed by atoms with van der Waals surface area (Å²) in [4.78, 5) is 4.44. The molecule has 1 aromatic heterocycles. The van der Waals surface area contributed by atoms with Crippen LogP contribution in [0.3, 0.4) is 0 Å². The first-order valence-electron chi connectivity index (χ1n) is 7.15. The van der Waals surface area contributed by atoms with Gasteiger partial charge < -0.3 is 10.1 Å². The molecule has 1 heterocycles. The topological polar surface area (TPSA) is 34.1 Å². The number of ether oxygens (including phenoxy) is 1. The number of pyridine rings is 1. The Morgan fingerprint density at radius 2 is 1.86 bits per heavy atom. The molecule has 4 heteroatoms. The van der Waals surface area contributed by atoms with Crippen molar-refractivity contribution in [1.29, 1.82) is 0 Å². The van der Waals surface area contributed by atoms with Crippen molar-refractivity contribution in [1.82, 2.24) is 10.3 Å². The van der Waals surface area contributed by atoms with Crippen LogP contribution in [0.25, 0.3) is 0 Å². The maximum absolute atomic E-state index is 6.16. The standard InChI is InChI=1S/C17H21ClN2O/c1-5-19-13(4)16-7-6-14(10-20-16)21-15-8-11(2)17(18)12(3)9-15/h6-10,13,19H,5H2,1-4H3. The minimum absolute atomic E-state index is 0.240. The van der Waals surface area contributed by atoms with Crippen LogP contribution < -0.4 is 10.1 Å². The van der Waals surface area contributed by atoms with E-state index in [0.29, 0.717) is 0 Å². The van der Waals surface area contributed by atoms with E-state index < -0.39 is 0 Å². The number of rotatable bonds is 5. The molecule has 0 aliphatic rings. The van der Waals surface area contributed by atoms with E-state index in [1.807, 2.05) is 38.1 Å². The number of aromatic nitrogens is 1. The zero-order valence-electron chi connectivity index (χ0n) is 12.9. The molecule has 0 aliphatic heterocycles. The van der Waals surface area contributed by atoms with Crippen LogP contribution in [0.4, 0.5) is 0 Å². The molecule has 1 unspecified atom stereocenters. The van der Waals surface area contributed by atoms with E-state index in [1.54, 1.807) is 6.20 Å². The maximum atomic E-state index is 6.16. The maximum Gasteiger partial charge on any atom is 0.145 e. The van der Waals surface area contributed by atoms with Crippen molar-refractivity contribution < 1.29 is 4.74 Å². The summed E-state index contributed by atoms with van der Waals surface area (Å²) in [7, 11) is 0. The lowest BCUT2D eigenvalue weighted by Crippen LogP contribution is -2.18. The fourth-order valence-corrected chi connectivity index (χ4v) is 2.33. The van der Waals surface area contributed by atoms with E-state index in [2.05, 4.69) is 24.1 Å². The van der Waals surface area contributed by atoms with Gasteiger partial charge in [-0.3, -0.25) is 4.98 Å². The highest BCUT2D eigenvalue weighted by atomic mass is 35.5. The molecule has 0 bridgehead atoms. The molecule has 1 atom stereocenters. The van der Waals surface area contributed by atoms with Gasteiger partial charge in [0.25, 0.3) is 0 Å². The van der Waals surface area contributed by atoms with Gasteiger partial charge in [-0.1, -0.05) is 18.5 Å². The van der Waals surface area contributed by atoms with Gasteiger partial charge in [0.05, 0.1) is 11.9 Å². The summed E-state index contributed by atoms with van der Waals surface area (Å²) in [5.41, 5.74) is 3.03. The van der Waals surface area contributed by atoms with Crippen molar-refractivity contribution in [2.75, 3.05) is 6.54 Å². The molecule has 0 spiro atoms. The van der Waals surface area contributed by atoms with Crippen LogP contribution in [0.1, 0.15) is 36.7 Å². The summed E-state index contributed by atoms with van der Waals surface area (Å²) >= 11 is 6.16. The van der Waals surface area contributed by atoms with Crippen molar-refractivity contribution in [3.63, 3.8) is 0 Å². The van der Waals surface area contributed by atoms with E-state index in [9.17, 15) is 0 Å². The Balaban J connectivity index is 2.13. The van der Waals surface area contributed by atoms with Gasteiger partial charge in [0, 0.05) is 11.1 Å². The molecular weight excluding hydrogens is 284 g/mol. The van der Waals surface area contributed by atoms with Gasteiger partial charge in [-0.05, 0) is 62.7 Å². The zero-order chi connectivity index (χ0) is 15.4. The smallest absolute Gasteiger partial charge is 0.145 e. The Morgan fingerprint density at radius 1 is 1.19 bits per heavy atom. The second-order valence-electron chi connectivity index (χ2n) is 5.17. The van der Waals surface area contributed by atoms with Crippen molar-refractivity contribution in [2.45, 2.75) is 33.7 Å². The predicted molar refractivity (Wildman–Crippen MR) is 87.3 cm³/mol. The molecule has 0 fully saturated rings. The minimum Gasteiger partial charge on any atom is -0.456 e. The van der Waals surface area contributed by atoms with Crippen molar-refractivity contribution in [3.8, 4) is 11.5 Å². The van der Waals surface area contributed by atoms with Gasteiger partial charge in [-0.25, -0.2) is 0 Å². The largest absolute Gasteiger partial charge is 0.456 e. The number of halogens is 1. The molecule has 0 saturated heterocycles. The number of aryl methyl sites for hydroxylation is 2. The zero-order valence-corrected chi connectivity index (χ0v) is 13.7. The molecule has 2 aromatic rings. The highest BCUT2D eigenvalue weighted by Crippen LogP contribution is 2.29. The summed E-state index contributed by atoms with van der Waals surface area (Å²) in [5, 5.41) is 4.12. The third-order valence-corrected chi connectivity index (χ3v) is 3.96. The second-order valence-corrected chi connectivity index (χ2v) is 5.55. The van der Waals surface area contributed by atoms with Crippen molar-refractivity contribution in [2.24, 2.45) is 0 Å². The fourth-order valence-electron chi connectivity index (χ4n) is 2.22. The molecule has 3 nitrogen and oxygen atoms in total. The van der Waals surface area contributed by atoms with E-state index in [-0.39, 0.29) is 6.04 Å². The molecule has 0 aliphatic carbocycles. The van der Waals surface area contributed by atoms with E-state index in [0.717, 1.165) is 39.9 Å². The van der Waals surface area contributed by atoms with Gasteiger partial charge in [-0.2, -0.15) is 0 Å². The highest BCUT2D eigenvalue weighted by molar-refractivity contribution is 6.32. The first kappa shape index (κ1) is 15.8. The van der Waals surface area contributed by atoms with E-state index in [1.165, 1.54) is 0 Å². The summed E-state index contributed by atoms with van der Waals surface area (Å²) < 4.78 is 5.85. The molecule has 1 N–H and O–H groups in total. The lowest BCUT2D eigenvalue weighted by atomic mass is 10.1. The van der Waals surface area contributed by atoms with Gasteiger partial charge in [0.2, 0.25) is 0 Å². The van der Waals surface area contributed by atoms with Gasteiger partial charge in [0.15, 0.2) is 0 Å². The van der Waals surface area contributed by atoms with Crippen LogP contribution in [0.2, 0.25) is 5.02 Å². The minimum atomic E-state index is 0.240. The molecule has 112 valence electrons. The van der Waals surface area contributed by atoms with Crippen molar-refractivity contribution in [3.05, 3.63) is 52.3 Å². The third-order valence-electron chi connectivity index (χ3n) is 3.36. The normalized spacial score (nSPS) is 12.2. The van der Waals surface area contributed by atoms with Crippen LogP contribution in [0.15, 0.2) is 30.5 Å². The second kappa shape index (κ2) is 6.92. The van der Waals surface area contributed by atoms with Gasteiger partial charge in [-0.15, -0.1) is 0 Å². The lowest BCUT2D eigenvalue weighted by molar-refractivity contribution is 0.477.